The molecule has 5 nitrogen and oxygen atoms in total. The van der Waals surface area contributed by atoms with Crippen LogP contribution in [0.15, 0.2) is 17.0 Å². The Morgan fingerprint density at radius 1 is 1.53 bits per heavy atom. The molecule has 96 valence electrons. The van der Waals surface area contributed by atoms with Gasteiger partial charge >= 0.3 is 0 Å². The lowest BCUT2D eigenvalue weighted by Gasteiger charge is -2.13. The van der Waals surface area contributed by atoms with Crippen LogP contribution < -0.4 is 10.5 Å². The van der Waals surface area contributed by atoms with E-state index in [-0.39, 0.29) is 17.9 Å². The quantitative estimate of drug-likeness (QED) is 0.684. The van der Waals surface area contributed by atoms with E-state index in [1.54, 1.807) is 0 Å². The fraction of sp³-hybridized carbons (Fsp3) is 0.400. The maximum absolute atomic E-state index is 13.7. The van der Waals surface area contributed by atoms with Crippen LogP contribution in [0.1, 0.15) is 12.5 Å². The summed E-state index contributed by atoms with van der Waals surface area (Å²) in [6.07, 6.45) is 0. The van der Waals surface area contributed by atoms with Crippen LogP contribution in [0.3, 0.4) is 0 Å². The van der Waals surface area contributed by atoms with Crippen molar-refractivity contribution >= 4 is 15.7 Å². The second-order valence-electron chi connectivity index (χ2n) is 3.85. The number of nitrogens with two attached hydrogens (primary N) is 1. The smallest absolute Gasteiger partial charge is 0.243 e. The van der Waals surface area contributed by atoms with Crippen molar-refractivity contribution in [1.29, 1.82) is 0 Å². The van der Waals surface area contributed by atoms with Crippen molar-refractivity contribution in [2.75, 3.05) is 12.3 Å². The molecule has 7 heteroatoms. The van der Waals surface area contributed by atoms with Crippen LogP contribution in [0, 0.1) is 12.7 Å². The number of aryl methyl sites for hydroxylation is 1. The molecule has 0 aromatic heterocycles. The Balaban J connectivity index is 3.24. The number of aliphatic hydroxyl groups excluding tert-OH is 1. The summed E-state index contributed by atoms with van der Waals surface area (Å²) in [6, 6.07) is 1.71. The van der Waals surface area contributed by atoms with Crippen LogP contribution in [0.2, 0.25) is 0 Å². The maximum Gasteiger partial charge on any atom is 0.243 e. The topological polar surface area (TPSA) is 92.4 Å². The van der Waals surface area contributed by atoms with Gasteiger partial charge in [-0.1, -0.05) is 0 Å². The number of halogens is 1. The molecular weight excluding hydrogens is 247 g/mol. The summed E-state index contributed by atoms with van der Waals surface area (Å²) in [4.78, 5) is -0.504. The molecular formula is C10H15FN2O3S. The summed E-state index contributed by atoms with van der Waals surface area (Å²) in [6.45, 7) is 2.52. The van der Waals surface area contributed by atoms with Crippen molar-refractivity contribution in [3.05, 3.63) is 23.5 Å². The minimum Gasteiger partial charge on any atom is -0.399 e. The molecule has 0 bridgehead atoms. The summed E-state index contributed by atoms with van der Waals surface area (Å²) in [5.41, 5.74) is 5.80. The summed E-state index contributed by atoms with van der Waals surface area (Å²) in [7, 11) is -4.01. The van der Waals surface area contributed by atoms with Crippen molar-refractivity contribution in [2.24, 2.45) is 0 Å². The van der Waals surface area contributed by atoms with Gasteiger partial charge in [0.25, 0.3) is 0 Å². The third-order valence-corrected chi connectivity index (χ3v) is 3.75. The molecule has 0 amide bonds. The summed E-state index contributed by atoms with van der Waals surface area (Å²) < 4.78 is 39.5. The predicted octanol–water partition coefficient (Wildman–Crippen LogP) is 0.375. The zero-order valence-corrected chi connectivity index (χ0v) is 10.4. The molecule has 17 heavy (non-hydrogen) atoms. The predicted molar refractivity (Wildman–Crippen MR) is 62.4 cm³/mol. The van der Waals surface area contributed by atoms with Crippen LogP contribution in [0.5, 0.6) is 0 Å². The van der Waals surface area contributed by atoms with Gasteiger partial charge in [0.15, 0.2) is 0 Å². The number of aliphatic hydroxyl groups is 1. The van der Waals surface area contributed by atoms with Gasteiger partial charge in [-0.05, 0) is 31.5 Å². The van der Waals surface area contributed by atoms with E-state index in [1.165, 1.54) is 19.9 Å². The van der Waals surface area contributed by atoms with Crippen LogP contribution in [0.25, 0.3) is 0 Å². The van der Waals surface area contributed by atoms with E-state index in [0.717, 1.165) is 6.07 Å². The van der Waals surface area contributed by atoms with Gasteiger partial charge in [0, 0.05) is 11.7 Å². The highest BCUT2D eigenvalue weighted by Crippen LogP contribution is 2.21. The highest BCUT2D eigenvalue weighted by Gasteiger charge is 2.22. The van der Waals surface area contributed by atoms with Crippen LogP contribution in [-0.4, -0.2) is 26.2 Å². The number of sulfonamides is 1. The molecule has 0 fully saturated rings. The van der Waals surface area contributed by atoms with Crippen LogP contribution in [-0.2, 0) is 10.0 Å². The first kappa shape index (κ1) is 13.9. The van der Waals surface area contributed by atoms with Gasteiger partial charge in [0.2, 0.25) is 10.0 Å². The second kappa shape index (κ2) is 4.99. The number of benzene rings is 1. The van der Waals surface area contributed by atoms with E-state index >= 15 is 0 Å². The molecule has 1 rings (SSSR count). The molecule has 0 spiro atoms. The summed E-state index contributed by atoms with van der Waals surface area (Å²) in [5.74, 6) is -0.836. The third kappa shape index (κ3) is 3.15. The summed E-state index contributed by atoms with van der Waals surface area (Å²) in [5, 5.41) is 8.78. The third-order valence-electron chi connectivity index (χ3n) is 2.16. The summed E-state index contributed by atoms with van der Waals surface area (Å²) >= 11 is 0. The van der Waals surface area contributed by atoms with Gasteiger partial charge in [-0.3, -0.25) is 0 Å². The largest absolute Gasteiger partial charge is 0.399 e. The molecule has 0 aliphatic heterocycles. The van der Waals surface area contributed by atoms with Crippen LogP contribution in [0.4, 0.5) is 10.1 Å². The van der Waals surface area contributed by atoms with Crippen LogP contribution >= 0.6 is 0 Å². The number of nitrogen functional groups attached to an aromatic ring is 1. The van der Waals surface area contributed by atoms with Crippen molar-refractivity contribution < 1.29 is 17.9 Å². The highest BCUT2D eigenvalue weighted by molar-refractivity contribution is 7.89. The van der Waals surface area contributed by atoms with E-state index in [9.17, 15) is 12.8 Å². The lowest BCUT2D eigenvalue weighted by molar-refractivity contribution is 0.265. The normalized spacial score (nSPS) is 13.6. The standard InChI is InChI=1S/C10H15FN2O3S/c1-6-3-8(12)4-9(10(6)11)17(15,16)13-7(2)5-14/h3-4,7,13-14H,5,12H2,1-2H3/t7-/m0/s1. The number of rotatable bonds is 4. The van der Waals surface area contributed by atoms with Gasteiger partial charge in [-0.2, -0.15) is 0 Å². The maximum atomic E-state index is 13.7. The van der Waals surface area contributed by atoms with Crippen molar-refractivity contribution in [2.45, 2.75) is 24.8 Å². The van der Waals surface area contributed by atoms with Gasteiger partial charge in [0.05, 0.1) is 6.61 Å². The first-order valence-electron chi connectivity index (χ1n) is 4.96. The fourth-order valence-corrected chi connectivity index (χ4v) is 2.74. The molecule has 0 heterocycles. The van der Waals surface area contributed by atoms with Gasteiger partial charge in [0.1, 0.15) is 10.7 Å². The second-order valence-corrected chi connectivity index (χ2v) is 5.54. The molecule has 0 aliphatic carbocycles. The van der Waals surface area contributed by atoms with E-state index in [4.69, 9.17) is 10.8 Å². The Morgan fingerprint density at radius 2 is 2.12 bits per heavy atom. The molecule has 1 aromatic rings. The van der Waals surface area contributed by atoms with Crippen molar-refractivity contribution in [1.82, 2.24) is 4.72 Å². The number of nitrogens with one attached hydrogen (secondary N) is 1. The molecule has 0 radical (unpaired) electrons. The molecule has 0 saturated carbocycles. The van der Waals surface area contributed by atoms with Gasteiger partial charge < -0.3 is 10.8 Å². The van der Waals surface area contributed by atoms with E-state index < -0.39 is 26.8 Å². The Kier molecular flexibility index (Phi) is 4.07. The Hall–Kier alpha value is -1.18. The molecule has 0 saturated heterocycles. The first-order chi connectivity index (χ1) is 7.77. The number of hydrogen-bond donors (Lipinski definition) is 3. The lowest BCUT2D eigenvalue weighted by Crippen LogP contribution is -2.35. The zero-order chi connectivity index (χ0) is 13.2. The molecule has 0 aliphatic rings. The SMILES string of the molecule is Cc1cc(N)cc(S(=O)(=O)N[C@@H](C)CO)c1F. The fourth-order valence-electron chi connectivity index (χ4n) is 1.33. The minimum absolute atomic E-state index is 0.155. The Morgan fingerprint density at radius 3 is 2.65 bits per heavy atom. The van der Waals surface area contributed by atoms with E-state index in [1.807, 2.05) is 0 Å². The van der Waals surface area contributed by atoms with Crippen molar-refractivity contribution in [3.63, 3.8) is 0 Å². The van der Waals surface area contributed by atoms with Gasteiger partial charge in [-0.25, -0.2) is 17.5 Å². The monoisotopic (exact) mass is 262 g/mol. The number of anilines is 1. The van der Waals surface area contributed by atoms with E-state index in [0.29, 0.717) is 0 Å². The minimum atomic E-state index is -4.01. The first-order valence-corrected chi connectivity index (χ1v) is 6.45. The lowest BCUT2D eigenvalue weighted by atomic mass is 10.2. The van der Waals surface area contributed by atoms with Crippen molar-refractivity contribution in [3.8, 4) is 0 Å². The van der Waals surface area contributed by atoms with Gasteiger partial charge in [-0.15, -0.1) is 0 Å². The Bertz CT molecular complexity index is 517. The highest BCUT2D eigenvalue weighted by atomic mass is 32.2. The molecule has 4 N–H and O–H groups in total. The zero-order valence-electron chi connectivity index (χ0n) is 9.57. The Labute approximate surface area is 99.5 Å². The average molecular weight is 262 g/mol. The molecule has 1 aromatic carbocycles. The van der Waals surface area contributed by atoms with E-state index in [2.05, 4.69) is 4.72 Å². The number of hydrogen-bond acceptors (Lipinski definition) is 4. The molecule has 1 atom stereocenters. The average Bonchev–Trinajstić information content (AvgIpc) is 2.22. The molecule has 0 unspecified atom stereocenters.